The summed E-state index contributed by atoms with van der Waals surface area (Å²) in [5.41, 5.74) is 3.66. The van der Waals surface area contributed by atoms with Crippen LogP contribution in [0.4, 0.5) is 5.69 Å². The Balaban J connectivity index is 1.87. The molecular weight excluding hydrogens is 370 g/mol. The molecular formula is C20H29N7S. The van der Waals surface area contributed by atoms with E-state index in [0.717, 1.165) is 53.7 Å². The molecule has 2 aromatic heterocycles. The number of imidazole rings is 1. The van der Waals surface area contributed by atoms with E-state index in [2.05, 4.69) is 65.3 Å². The Kier molecular flexibility index (Phi) is 7.24. The maximum atomic E-state index is 4.88. The number of benzene rings is 1. The molecule has 0 saturated carbocycles. The Morgan fingerprint density at radius 3 is 2.71 bits per heavy atom. The van der Waals surface area contributed by atoms with Crippen molar-refractivity contribution in [2.75, 3.05) is 58.4 Å². The van der Waals surface area contributed by atoms with Gasteiger partial charge >= 0.3 is 0 Å². The van der Waals surface area contributed by atoms with Crippen LogP contribution in [0.5, 0.6) is 0 Å². The summed E-state index contributed by atoms with van der Waals surface area (Å²) >= 11 is 1.74. The summed E-state index contributed by atoms with van der Waals surface area (Å²) in [6.07, 6.45) is 1.69. The summed E-state index contributed by atoms with van der Waals surface area (Å²) in [7, 11) is 6.27. The average Bonchev–Trinajstić information content (AvgIpc) is 3.16. The summed E-state index contributed by atoms with van der Waals surface area (Å²) in [5, 5.41) is 4.46. The van der Waals surface area contributed by atoms with Crippen LogP contribution in [-0.2, 0) is 0 Å². The standard InChI is InChI=1S/C20H29N7S/c1-5-27(4)12-13-28-20-17-19(23-14-22-17)24-18(25-20)15-8-6-7-9-16(15)21-10-11-26(2)3/h6-9,14,21H,5,10-13H2,1-4H3,(H,22,23,24,25). The monoisotopic (exact) mass is 399 g/mol. The highest BCUT2D eigenvalue weighted by Crippen LogP contribution is 2.30. The fourth-order valence-corrected chi connectivity index (χ4v) is 3.78. The lowest BCUT2D eigenvalue weighted by atomic mass is 10.1. The second-order valence-electron chi connectivity index (χ2n) is 6.97. The predicted octanol–water partition coefficient (Wildman–Crippen LogP) is 3.04. The van der Waals surface area contributed by atoms with Crippen LogP contribution >= 0.6 is 11.8 Å². The molecule has 3 rings (SSSR count). The number of hydrogen-bond donors (Lipinski definition) is 2. The quantitative estimate of drug-likeness (QED) is 0.401. The first-order chi connectivity index (χ1) is 13.6. The van der Waals surface area contributed by atoms with Gasteiger partial charge in [0.2, 0.25) is 0 Å². The molecule has 28 heavy (non-hydrogen) atoms. The number of aromatic nitrogens is 4. The molecule has 7 nitrogen and oxygen atoms in total. The number of thioether (sulfide) groups is 1. The predicted molar refractivity (Wildman–Crippen MR) is 118 cm³/mol. The third kappa shape index (κ3) is 5.21. The molecule has 0 radical (unpaired) electrons. The third-order valence-corrected chi connectivity index (χ3v) is 5.50. The van der Waals surface area contributed by atoms with Gasteiger partial charge in [-0.05, 0) is 39.8 Å². The van der Waals surface area contributed by atoms with E-state index in [1.807, 2.05) is 12.1 Å². The number of aromatic amines is 1. The molecule has 0 aliphatic heterocycles. The second-order valence-corrected chi connectivity index (χ2v) is 8.06. The second kappa shape index (κ2) is 9.86. The van der Waals surface area contributed by atoms with Crippen molar-refractivity contribution in [2.24, 2.45) is 0 Å². The van der Waals surface area contributed by atoms with E-state index in [-0.39, 0.29) is 0 Å². The first-order valence-corrected chi connectivity index (χ1v) is 10.6. The zero-order valence-electron chi connectivity index (χ0n) is 17.1. The Labute approximate surface area is 171 Å². The Hall–Kier alpha value is -2.16. The molecule has 2 N–H and O–H groups in total. The molecule has 0 aliphatic rings. The molecule has 1 aromatic carbocycles. The highest BCUT2D eigenvalue weighted by Gasteiger charge is 2.14. The molecule has 0 atom stereocenters. The van der Waals surface area contributed by atoms with E-state index in [1.165, 1.54) is 0 Å². The van der Waals surface area contributed by atoms with E-state index in [1.54, 1.807) is 18.1 Å². The van der Waals surface area contributed by atoms with Crippen molar-refractivity contribution >= 4 is 28.6 Å². The number of hydrogen-bond acceptors (Lipinski definition) is 7. The van der Waals surface area contributed by atoms with E-state index < -0.39 is 0 Å². The number of H-pyrrole nitrogens is 1. The van der Waals surface area contributed by atoms with E-state index in [4.69, 9.17) is 9.97 Å². The van der Waals surface area contributed by atoms with Crippen LogP contribution in [0.25, 0.3) is 22.6 Å². The van der Waals surface area contributed by atoms with Gasteiger partial charge in [0.25, 0.3) is 0 Å². The number of nitrogens with zero attached hydrogens (tertiary/aromatic N) is 5. The summed E-state index contributed by atoms with van der Waals surface area (Å²) in [5.74, 6) is 1.68. The van der Waals surface area contributed by atoms with Gasteiger partial charge in [0.15, 0.2) is 11.5 Å². The van der Waals surface area contributed by atoms with Crippen LogP contribution in [0.3, 0.4) is 0 Å². The molecule has 2 heterocycles. The largest absolute Gasteiger partial charge is 0.383 e. The molecule has 0 saturated heterocycles. The summed E-state index contributed by atoms with van der Waals surface area (Å²) in [4.78, 5) is 21.6. The summed E-state index contributed by atoms with van der Waals surface area (Å²) < 4.78 is 0. The number of fused-ring (bicyclic) bond motifs is 1. The van der Waals surface area contributed by atoms with Crippen molar-refractivity contribution in [1.29, 1.82) is 0 Å². The van der Waals surface area contributed by atoms with Gasteiger partial charge in [-0.1, -0.05) is 19.1 Å². The van der Waals surface area contributed by atoms with Gasteiger partial charge in [-0.25, -0.2) is 15.0 Å². The fraction of sp³-hybridized carbons (Fsp3) is 0.450. The lowest BCUT2D eigenvalue weighted by molar-refractivity contribution is 0.376. The van der Waals surface area contributed by atoms with Crippen molar-refractivity contribution in [2.45, 2.75) is 11.9 Å². The van der Waals surface area contributed by atoms with Gasteiger partial charge in [-0.3, -0.25) is 0 Å². The molecule has 0 unspecified atom stereocenters. The van der Waals surface area contributed by atoms with Crippen molar-refractivity contribution in [3.63, 3.8) is 0 Å². The Morgan fingerprint density at radius 2 is 1.93 bits per heavy atom. The highest BCUT2D eigenvalue weighted by molar-refractivity contribution is 7.99. The zero-order chi connectivity index (χ0) is 19.9. The van der Waals surface area contributed by atoms with E-state index >= 15 is 0 Å². The summed E-state index contributed by atoms with van der Waals surface area (Å²) in [6.45, 7) is 6.04. The smallest absolute Gasteiger partial charge is 0.182 e. The van der Waals surface area contributed by atoms with Crippen LogP contribution in [-0.4, -0.2) is 82.8 Å². The minimum atomic E-state index is 0.707. The minimum Gasteiger partial charge on any atom is -0.383 e. The molecule has 0 spiro atoms. The molecule has 0 aliphatic carbocycles. The fourth-order valence-electron chi connectivity index (χ4n) is 2.73. The van der Waals surface area contributed by atoms with Gasteiger partial charge in [0.1, 0.15) is 10.5 Å². The number of rotatable bonds is 10. The van der Waals surface area contributed by atoms with Crippen LogP contribution in [0.1, 0.15) is 6.92 Å². The molecule has 0 amide bonds. The van der Waals surface area contributed by atoms with Crippen molar-refractivity contribution in [3.8, 4) is 11.4 Å². The first-order valence-electron chi connectivity index (χ1n) is 9.59. The molecule has 8 heteroatoms. The number of para-hydroxylation sites is 1. The van der Waals surface area contributed by atoms with Gasteiger partial charge < -0.3 is 20.1 Å². The van der Waals surface area contributed by atoms with E-state index in [9.17, 15) is 0 Å². The minimum absolute atomic E-state index is 0.707. The zero-order valence-corrected chi connectivity index (χ0v) is 17.9. The number of nitrogens with one attached hydrogen (secondary N) is 2. The Bertz CT molecular complexity index is 893. The molecule has 150 valence electrons. The lowest BCUT2D eigenvalue weighted by Gasteiger charge is -2.15. The third-order valence-electron chi connectivity index (χ3n) is 4.55. The number of anilines is 1. The molecule has 0 bridgehead atoms. The van der Waals surface area contributed by atoms with Crippen molar-refractivity contribution < 1.29 is 0 Å². The Morgan fingerprint density at radius 1 is 1.11 bits per heavy atom. The van der Waals surface area contributed by atoms with Gasteiger partial charge in [-0.15, -0.1) is 11.8 Å². The van der Waals surface area contributed by atoms with Crippen molar-refractivity contribution in [1.82, 2.24) is 29.7 Å². The van der Waals surface area contributed by atoms with Crippen molar-refractivity contribution in [3.05, 3.63) is 30.6 Å². The van der Waals surface area contributed by atoms with Crippen LogP contribution in [0, 0.1) is 0 Å². The first kappa shape index (κ1) is 20.6. The maximum Gasteiger partial charge on any atom is 0.182 e. The van der Waals surface area contributed by atoms with Gasteiger partial charge in [0.05, 0.1) is 6.33 Å². The normalized spacial score (nSPS) is 11.6. The van der Waals surface area contributed by atoms with Crippen LogP contribution in [0.2, 0.25) is 0 Å². The molecule has 3 aromatic rings. The van der Waals surface area contributed by atoms with Crippen LogP contribution < -0.4 is 5.32 Å². The topological polar surface area (TPSA) is 73.0 Å². The summed E-state index contributed by atoms with van der Waals surface area (Å²) in [6, 6.07) is 8.19. The number of likely N-dealkylation sites (N-methyl/N-ethyl adjacent to an activating group) is 1. The molecule has 0 fully saturated rings. The lowest BCUT2D eigenvalue weighted by Crippen LogP contribution is -2.21. The van der Waals surface area contributed by atoms with Gasteiger partial charge in [-0.2, -0.15) is 0 Å². The van der Waals surface area contributed by atoms with Gasteiger partial charge in [0, 0.05) is 36.6 Å². The van der Waals surface area contributed by atoms with E-state index in [0.29, 0.717) is 11.5 Å². The average molecular weight is 400 g/mol. The SMILES string of the molecule is CCN(C)CCSc1nc(-c2ccccc2NCCN(C)C)nc2nc[nH]c12. The maximum absolute atomic E-state index is 4.88. The van der Waals surface area contributed by atoms with Crippen LogP contribution in [0.15, 0.2) is 35.6 Å². The highest BCUT2D eigenvalue weighted by atomic mass is 32.2.